The summed E-state index contributed by atoms with van der Waals surface area (Å²) in [5, 5.41) is 3.36. The summed E-state index contributed by atoms with van der Waals surface area (Å²) in [5.41, 5.74) is 2.29. The van der Waals surface area contributed by atoms with Gasteiger partial charge in [-0.2, -0.15) is 4.98 Å². The molecule has 2 aliphatic rings. The van der Waals surface area contributed by atoms with Crippen molar-refractivity contribution in [3.63, 3.8) is 0 Å². The molecule has 3 rings (SSSR count). The highest BCUT2D eigenvalue weighted by Gasteiger charge is 2.29. The van der Waals surface area contributed by atoms with Gasteiger partial charge in [-0.3, -0.25) is 0 Å². The Kier molecular flexibility index (Phi) is 3.77. The van der Waals surface area contributed by atoms with Crippen molar-refractivity contribution in [2.75, 3.05) is 35.8 Å². The molecule has 6 nitrogen and oxygen atoms in total. The van der Waals surface area contributed by atoms with Crippen LogP contribution in [0, 0.1) is 0 Å². The lowest BCUT2D eigenvalue weighted by Crippen LogP contribution is -2.25. The van der Waals surface area contributed by atoms with Gasteiger partial charge in [0.25, 0.3) is 0 Å². The van der Waals surface area contributed by atoms with Crippen molar-refractivity contribution in [2.45, 2.75) is 38.1 Å². The highest BCUT2D eigenvalue weighted by molar-refractivity contribution is 7.91. The summed E-state index contributed by atoms with van der Waals surface area (Å²) in [6, 6.07) is -0.0223. The SMILES string of the molecule is CN(C)c1nc2c(c(NC3CCS(=O)(=O)C3)n1)CCCC2. The first-order valence-corrected chi connectivity index (χ1v) is 9.31. The summed E-state index contributed by atoms with van der Waals surface area (Å²) in [7, 11) is 0.970. The van der Waals surface area contributed by atoms with Crippen molar-refractivity contribution in [2.24, 2.45) is 0 Å². The molecule has 0 spiro atoms. The van der Waals surface area contributed by atoms with Crippen LogP contribution in [0.5, 0.6) is 0 Å². The van der Waals surface area contributed by atoms with Crippen molar-refractivity contribution in [3.05, 3.63) is 11.3 Å². The molecule has 7 heteroatoms. The molecule has 1 atom stereocenters. The summed E-state index contributed by atoms with van der Waals surface area (Å²) in [6.07, 6.45) is 4.93. The Bertz CT molecular complexity index is 643. The molecule has 0 bridgehead atoms. The molecule has 1 aromatic rings. The Morgan fingerprint density at radius 3 is 2.62 bits per heavy atom. The largest absolute Gasteiger partial charge is 0.366 e. The summed E-state index contributed by atoms with van der Waals surface area (Å²) in [6.45, 7) is 0. The fourth-order valence-corrected chi connectivity index (χ4v) is 4.68. The maximum absolute atomic E-state index is 11.6. The second-order valence-corrected chi connectivity index (χ2v) is 8.37. The van der Waals surface area contributed by atoms with E-state index < -0.39 is 9.84 Å². The van der Waals surface area contributed by atoms with E-state index in [9.17, 15) is 8.42 Å². The number of nitrogens with zero attached hydrogens (tertiary/aromatic N) is 3. The number of rotatable bonds is 3. The molecule has 1 saturated heterocycles. The Balaban J connectivity index is 1.91. The molecule has 1 N–H and O–H groups in total. The van der Waals surface area contributed by atoms with Gasteiger partial charge < -0.3 is 10.2 Å². The lowest BCUT2D eigenvalue weighted by Gasteiger charge is -2.23. The lowest BCUT2D eigenvalue weighted by atomic mass is 9.96. The minimum atomic E-state index is -2.88. The topological polar surface area (TPSA) is 75.2 Å². The third kappa shape index (κ3) is 3.12. The fraction of sp³-hybridized carbons (Fsp3) is 0.714. The van der Waals surface area contributed by atoms with Gasteiger partial charge in [0.2, 0.25) is 5.95 Å². The highest BCUT2D eigenvalue weighted by Crippen LogP contribution is 2.28. The summed E-state index contributed by atoms with van der Waals surface area (Å²) in [5.74, 6) is 2.02. The number of sulfone groups is 1. The van der Waals surface area contributed by atoms with E-state index in [1.54, 1.807) is 0 Å². The van der Waals surface area contributed by atoms with Crippen molar-refractivity contribution < 1.29 is 8.42 Å². The number of fused-ring (bicyclic) bond motifs is 1. The van der Waals surface area contributed by atoms with Gasteiger partial charge in [-0.05, 0) is 32.1 Å². The van der Waals surface area contributed by atoms with Crippen LogP contribution in [0.2, 0.25) is 0 Å². The first-order chi connectivity index (χ1) is 9.94. The molecule has 0 radical (unpaired) electrons. The normalized spacial score (nSPS) is 23.6. The van der Waals surface area contributed by atoms with Crippen molar-refractivity contribution in [1.82, 2.24) is 9.97 Å². The van der Waals surface area contributed by atoms with Crippen molar-refractivity contribution >= 4 is 21.6 Å². The minimum Gasteiger partial charge on any atom is -0.366 e. The smallest absolute Gasteiger partial charge is 0.227 e. The van der Waals surface area contributed by atoms with Crippen LogP contribution in [0.25, 0.3) is 0 Å². The zero-order valence-electron chi connectivity index (χ0n) is 12.6. The fourth-order valence-electron chi connectivity index (χ4n) is 3.00. The maximum Gasteiger partial charge on any atom is 0.227 e. The van der Waals surface area contributed by atoms with E-state index in [1.807, 2.05) is 19.0 Å². The molecule has 0 saturated carbocycles. The number of nitrogens with one attached hydrogen (secondary N) is 1. The van der Waals surface area contributed by atoms with Gasteiger partial charge in [0.05, 0.1) is 17.2 Å². The van der Waals surface area contributed by atoms with Gasteiger partial charge in [0, 0.05) is 25.7 Å². The molecule has 0 aromatic carbocycles. The number of hydrogen-bond donors (Lipinski definition) is 1. The van der Waals surface area contributed by atoms with Crippen molar-refractivity contribution in [1.29, 1.82) is 0 Å². The standard InChI is InChI=1S/C14H22N4O2S/c1-18(2)14-16-12-6-4-3-5-11(12)13(17-14)15-10-7-8-21(19,20)9-10/h10H,3-9H2,1-2H3,(H,15,16,17). The summed E-state index contributed by atoms with van der Waals surface area (Å²) in [4.78, 5) is 11.1. The molecule has 1 aromatic heterocycles. The van der Waals surface area contributed by atoms with E-state index in [1.165, 1.54) is 5.56 Å². The molecule has 1 aliphatic heterocycles. The van der Waals surface area contributed by atoms with Crippen LogP contribution in [0.4, 0.5) is 11.8 Å². The molecule has 1 aliphatic carbocycles. The van der Waals surface area contributed by atoms with Crippen LogP contribution in [0.3, 0.4) is 0 Å². The van der Waals surface area contributed by atoms with Crippen LogP contribution in [0.1, 0.15) is 30.5 Å². The average Bonchev–Trinajstić information content (AvgIpc) is 2.77. The third-order valence-corrected chi connectivity index (χ3v) is 5.91. The molecular weight excluding hydrogens is 288 g/mol. The molecule has 2 heterocycles. The number of aromatic nitrogens is 2. The lowest BCUT2D eigenvalue weighted by molar-refractivity contribution is 0.602. The van der Waals surface area contributed by atoms with Gasteiger partial charge in [0.1, 0.15) is 5.82 Å². The zero-order valence-corrected chi connectivity index (χ0v) is 13.4. The van der Waals surface area contributed by atoms with Crippen molar-refractivity contribution in [3.8, 4) is 0 Å². The summed E-state index contributed by atoms with van der Waals surface area (Å²) < 4.78 is 23.2. The van der Waals surface area contributed by atoms with Gasteiger partial charge in [0.15, 0.2) is 9.84 Å². The Morgan fingerprint density at radius 2 is 1.95 bits per heavy atom. The van der Waals surface area contributed by atoms with Crippen LogP contribution in [-0.2, 0) is 22.7 Å². The second kappa shape index (κ2) is 5.44. The van der Waals surface area contributed by atoms with Gasteiger partial charge in [-0.1, -0.05) is 0 Å². The Morgan fingerprint density at radius 1 is 1.19 bits per heavy atom. The van der Waals surface area contributed by atoms with Crippen LogP contribution in [0.15, 0.2) is 0 Å². The maximum atomic E-state index is 11.6. The number of aryl methyl sites for hydroxylation is 1. The Labute approximate surface area is 125 Å². The van der Waals surface area contributed by atoms with Crippen LogP contribution < -0.4 is 10.2 Å². The first-order valence-electron chi connectivity index (χ1n) is 7.49. The predicted molar refractivity (Wildman–Crippen MR) is 83.7 cm³/mol. The molecular formula is C14H22N4O2S. The molecule has 0 amide bonds. The molecule has 21 heavy (non-hydrogen) atoms. The van der Waals surface area contributed by atoms with E-state index in [0.717, 1.165) is 37.2 Å². The molecule has 116 valence electrons. The van der Waals surface area contributed by atoms with E-state index in [-0.39, 0.29) is 17.5 Å². The van der Waals surface area contributed by atoms with Crippen LogP contribution >= 0.6 is 0 Å². The van der Waals surface area contributed by atoms with E-state index in [0.29, 0.717) is 12.4 Å². The number of hydrogen-bond acceptors (Lipinski definition) is 6. The van der Waals surface area contributed by atoms with Gasteiger partial charge in [-0.25, -0.2) is 13.4 Å². The Hall–Kier alpha value is -1.37. The number of anilines is 2. The third-order valence-electron chi connectivity index (χ3n) is 4.14. The second-order valence-electron chi connectivity index (χ2n) is 6.14. The quantitative estimate of drug-likeness (QED) is 0.898. The highest BCUT2D eigenvalue weighted by atomic mass is 32.2. The van der Waals surface area contributed by atoms with E-state index in [4.69, 9.17) is 0 Å². The van der Waals surface area contributed by atoms with Crippen LogP contribution in [-0.4, -0.2) is 50.0 Å². The van der Waals surface area contributed by atoms with Gasteiger partial charge in [-0.15, -0.1) is 0 Å². The predicted octanol–water partition coefficient (Wildman–Crippen LogP) is 1.02. The minimum absolute atomic E-state index is 0.0223. The monoisotopic (exact) mass is 310 g/mol. The molecule has 1 fully saturated rings. The zero-order chi connectivity index (χ0) is 15.0. The average molecular weight is 310 g/mol. The van der Waals surface area contributed by atoms with E-state index in [2.05, 4.69) is 15.3 Å². The molecule has 1 unspecified atom stereocenters. The summed E-state index contributed by atoms with van der Waals surface area (Å²) >= 11 is 0. The van der Waals surface area contributed by atoms with E-state index >= 15 is 0 Å². The first kappa shape index (κ1) is 14.6. The van der Waals surface area contributed by atoms with Gasteiger partial charge >= 0.3 is 0 Å².